The van der Waals surface area contributed by atoms with Crippen LogP contribution in [0.3, 0.4) is 0 Å². The van der Waals surface area contributed by atoms with Crippen molar-refractivity contribution in [3.63, 3.8) is 0 Å². The minimum Gasteiger partial charge on any atom is -0.507 e. The van der Waals surface area contributed by atoms with Gasteiger partial charge in [-0.15, -0.1) is 0 Å². The van der Waals surface area contributed by atoms with Gasteiger partial charge in [0.1, 0.15) is 11.5 Å². The molecule has 0 aromatic heterocycles. The summed E-state index contributed by atoms with van der Waals surface area (Å²) in [6, 6.07) is 9.11. The number of aromatic hydroxyl groups is 2. The summed E-state index contributed by atoms with van der Waals surface area (Å²) in [5.74, 6) is 1.67. The van der Waals surface area contributed by atoms with Crippen LogP contribution in [-0.2, 0) is 10.8 Å². The molecule has 2 aromatic carbocycles. The molecule has 4 bridgehead atoms. The molecule has 4 fully saturated rings. The Bertz CT molecular complexity index is 913. The molecule has 2 aromatic rings. The number of aryl methyl sites for hydroxylation is 4. The molecule has 6 rings (SSSR count). The van der Waals surface area contributed by atoms with Crippen LogP contribution in [0.1, 0.15) is 85.3 Å². The summed E-state index contributed by atoms with van der Waals surface area (Å²) < 4.78 is 0. The van der Waals surface area contributed by atoms with Gasteiger partial charge in [0.2, 0.25) is 0 Å². The number of benzene rings is 2. The smallest absolute Gasteiger partial charge is 0.121 e. The number of hydrogen-bond donors (Lipinski definition) is 2. The predicted octanol–water partition coefficient (Wildman–Crippen LogP) is 6.90. The third-order valence-corrected chi connectivity index (χ3v) is 9.14. The molecule has 0 heterocycles. The van der Waals surface area contributed by atoms with Crippen LogP contribution in [0.4, 0.5) is 0 Å². The fourth-order valence-electron chi connectivity index (χ4n) is 8.20. The van der Waals surface area contributed by atoms with Crippen LogP contribution >= 0.6 is 0 Å². The number of rotatable bonds is 3. The number of phenols is 2. The highest BCUT2D eigenvalue weighted by Crippen LogP contribution is 2.71. The zero-order chi connectivity index (χ0) is 21.5. The van der Waals surface area contributed by atoms with Crippen molar-refractivity contribution in [2.75, 3.05) is 0 Å². The van der Waals surface area contributed by atoms with E-state index in [9.17, 15) is 10.2 Å². The van der Waals surface area contributed by atoms with Gasteiger partial charge in [-0.25, -0.2) is 0 Å². The van der Waals surface area contributed by atoms with Crippen molar-refractivity contribution < 1.29 is 10.2 Å². The molecule has 30 heavy (non-hydrogen) atoms. The van der Waals surface area contributed by atoms with Gasteiger partial charge in [-0.1, -0.05) is 37.6 Å². The maximum absolute atomic E-state index is 10.4. The molecular formula is C28H36O2. The molecular weight excluding hydrogens is 368 g/mol. The molecule has 2 nitrogen and oxygen atoms in total. The van der Waals surface area contributed by atoms with Crippen molar-refractivity contribution in [3.05, 3.63) is 57.6 Å². The second-order valence-corrected chi connectivity index (χ2v) is 11.3. The molecule has 160 valence electrons. The van der Waals surface area contributed by atoms with Crippen LogP contribution in [0.2, 0.25) is 0 Å². The quantitative estimate of drug-likeness (QED) is 0.584. The molecule has 0 spiro atoms. The van der Waals surface area contributed by atoms with Gasteiger partial charge in [0.15, 0.2) is 0 Å². The second-order valence-electron chi connectivity index (χ2n) is 11.3. The zero-order valence-electron chi connectivity index (χ0n) is 19.2. The Labute approximate surface area is 181 Å². The lowest BCUT2D eigenvalue weighted by molar-refractivity contribution is -0.0920. The number of phenolic OH excluding ortho intramolecular Hbond substituents is 2. The normalized spacial score (nSPS) is 34.5. The van der Waals surface area contributed by atoms with Gasteiger partial charge in [-0.05, 0) is 122 Å². The Morgan fingerprint density at radius 3 is 1.47 bits per heavy atom. The summed E-state index contributed by atoms with van der Waals surface area (Å²) in [6.07, 6.45) is 8.97. The lowest BCUT2D eigenvalue weighted by atomic mass is 9.37. The van der Waals surface area contributed by atoms with Crippen molar-refractivity contribution in [2.24, 2.45) is 11.3 Å². The monoisotopic (exact) mass is 404 g/mol. The zero-order valence-corrected chi connectivity index (χ0v) is 19.2. The third kappa shape index (κ3) is 2.68. The van der Waals surface area contributed by atoms with Crippen LogP contribution in [0, 0.1) is 39.0 Å². The van der Waals surface area contributed by atoms with E-state index in [0.717, 1.165) is 28.2 Å². The summed E-state index contributed by atoms with van der Waals surface area (Å²) in [5, 5.41) is 20.8. The molecule has 4 aliphatic carbocycles. The Morgan fingerprint density at radius 1 is 0.700 bits per heavy atom. The van der Waals surface area contributed by atoms with E-state index >= 15 is 0 Å². The van der Waals surface area contributed by atoms with Crippen LogP contribution < -0.4 is 0 Å². The van der Waals surface area contributed by atoms with Crippen molar-refractivity contribution in [1.82, 2.24) is 0 Å². The van der Waals surface area contributed by atoms with Crippen LogP contribution in [-0.4, -0.2) is 10.2 Å². The lowest BCUT2D eigenvalue weighted by Crippen LogP contribution is -2.60. The largest absolute Gasteiger partial charge is 0.507 e. The number of hydrogen-bond acceptors (Lipinski definition) is 2. The molecule has 0 radical (unpaired) electrons. The molecule has 0 aliphatic heterocycles. The Morgan fingerprint density at radius 2 is 1.10 bits per heavy atom. The Kier molecular flexibility index (Phi) is 4.18. The topological polar surface area (TPSA) is 40.5 Å². The Balaban J connectivity index is 1.69. The lowest BCUT2D eigenvalue weighted by Gasteiger charge is -2.67. The molecule has 2 heteroatoms. The fraction of sp³-hybridized carbons (Fsp3) is 0.571. The van der Waals surface area contributed by atoms with Gasteiger partial charge in [0.05, 0.1) is 0 Å². The maximum Gasteiger partial charge on any atom is 0.121 e. The second kappa shape index (κ2) is 6.28. The van der Waals surface area contributed by atoms with Crippen molar-refractivity contribution >= 4 is 0 Å². The summed E-state index contributed by atoms with van der Waals surface area (Å²) in [6.45, 7) is 10.6. The van der Waals surface area contributed by atoms with E-state index in [1.807, 2.05) is 27.7 Å². The maximum atomic E-state index is 10.4. The van der Waals surface area contributed by atoms with Crippen LogP contribution in [0.25, 0.3) is 0 Å². The summed E-state index contributed by atoms with van der Waals surface area (Å²) in [5.41, 5.74) is 7.78. The summed E-state index contributed by atoms with van der Waals surface area (Å²) in [4.78, 5) is 0. The fourth-order valence-corrected chi connectivity index (χ4v) is 8.20. The van der Waals surface area contributed by atoms with E-state index in [0.29, 0.717) is 16.9 Å². The third-order valence-electron chi connectivity index (χ3n) is 9.14. The highest BCUT2D eigenvalue weighted by molar-refractivity contribution is 5.49. The first-order valence-corrected chi connectivity index (χ1v) is 11.7. The highest BCUT2D eigenvalue weighted by Gasteiger charge is 2.63. The minimum absolute atomic E-state index is 0.207. The highest BCUT2D eigenvalue weighted by atomic mass is 16.3. The molecule has 2 atom stereocenters. The van der Waals surface area contributed by atoms with Crippen LogP contribution in [0.5, 0.6) is 11.5 Å². The molecule has 0 saturated heterocycles. The van der Waals surface area contributed by atoms with E-state index in [4.69, 9.17) is 0 Å². The first-order valence-electron chi connectivity index (χ1n) is 11.7. The first-order chi connectivity index (χ1) is 14.1. The van der Waals surface area contributed by atoms with Crippen molar-refractivity contribution in [2.45, 2.75) is 90.4 Å². The summed E-state index contributed by atoms with van der Waals surface area (Å²) >= 11 is 0. The van der Waals surface area contributed by atoms with Crippen LogP contribution in [0.15, 0.2) is 24.3 Å². The van der Waals surface area contributed by atoms with Gasteiger partial charge < -0.3 is 10.2 Å². The molecule has 4 saturated carbocycles. The molecule has 2 unspecified atom stereocenters. The molecule has 0 amide bonds. The van der Waals surface area contributed by atoms with E-state index in [-0.39, 0.29) is 10.8 Å². The van der Waals surface area contributed by atoms with Gasteiger partial charge in [-0.2, -0.15) is 0 Å². The van der Waals surface area contributed by atoms with E-state index < -0.39 is 0 Å². The predicted molar refractivity (Wildman–Crippen MR) is 122 cm³/mol. The van der Waals surface area contributed by atoms with E-state index in [1.54, 1.807) is 0 Å². The molecule has 4 aliphatic rings. The average Bonchev–Trinajstić information content (AvgIpc) is 2.68. The molecule has 2 N–H and O–H groups in total. The van der Waals surface area contributed by atoms with Crippen molar-refractivity contribution in [1.29, 1.82) is 0 Å². The Hall–Kier alpha value is -1.96. The van der Waals surface area contributed by atoms with E-state index in [1.165, 1.54) is 56.1 Å². The van der Waals surface area contributed by atoms with Gasteiger partial charge in [-0.3, -0.25) is 0 Å². The van der Waals surface area contributed by atoms with Crippen molar-refractivity contribution in [3.8, 4) is 11.5 Å². The SMILES string of the molecule is CCC12CC3CC(c4cc(C)c(O)c(C)c4)(C1)CC(c1cc(C)c(O)c(C)c1)(C3)C2. The standard InChI is InChI=1S/C28H36O2/c1-6-26-11-21-12-27(14-26,22-7-17(2)24(29)18(3)8-22)16-28(13-21,15-26)23-9-19(4)25(30)20(5)10-23/h7-10,21,29-30H,6,11-16H2,1-5H3. The van der Waals surface area contributed by atoms with Gasteiger partial charge in [0.25, 0.3) is 0 Å². The first kappa shape index (κ1) is 20.0. The minimum atomic E-state index is 0.207. The average molecular weight is 405 g/mol. The summed E-state index contributed by atoms with van der Waals surface area (Å²) in [7, 11) is 0. The van der Waals surface area contributed by atoms with E-state index in [2.05, 4.69) is 31.2 Å². The van der Waals surface area contributed by atoms with Gasteiger partial charge in [0, 0.05) is 0 Å². The van der Waals surface area contributed by atoms with Gasteiger partial charge >= 0.3 is 0 Å².